The van der Waals surface area contributed by atoms with Crippen molar-refractivity contribution in [1.82, 2.24) is 15.0 Å². The van der Waals surface area contributed by atoms with Crippen LogP contribution in [0.3, 0.4) is 0 Å². The molecule has 0 aliphatic carbocycles. The molecule has 3 rings (SSSR count). The van der Waals surface area contributed by atoms with E-state index in [9.17, 15) is 28.8 Å². The van der Waals surface area contributed by atoms with Crippen molar-refractivity contribution >= 4 is 44.4 Å². The molecule has 14 heteroatoms. The van der Waals surface area contributed by atoms with Crippen LogP contribution in [-0.2, 0) is 20.5 Å². The van der Waals surface area contributed by atoms with Gasteiger partial charge in [-0.05, 0) is 46.9 Å². The zero-order valence-corrected chi connectivity index (χ0v) is 18.5. The van der Waals surface area contributed by atoms with Crippen molar-refractivity contribution in [1.29, 1.82) is 0 Å². The van der Waals surface area contributed by atoms with Gasteiger partial charge in [-0.3, -0.25) is 0 Å². The highest BCUT2D eigenvalue weighted by Crippen LogP contribution is 2.31. The molecule has 1 fully saturated rings. The van der Waals surface area contributed by atoms with Gasteiger partial charge in [-0.1, -0.05) is 5.21 Å². The Labute approximate surface area is 184 Å². The minimum atomic E-state index is -3.79. The quantitative estimate of drug-likeness (QED) is 0.263. The van der Waals surface area contributed by atoms with Crippen LogP contribution >= 0.6 is 34.4 Å². The lowest BCUT2D eigenvalue weighted by molar-refractivity contribution is -0.205. The molecular formula is C15H19IN4O7S2. The number of sulfonamides is 1. The second-order valence-corrected chi connectivity index (χ2v) is 9.96. The van der Waals surface area contributed by atoms with Crippen molar-refractivity contribution in [3.05, 3.63) is 33.7 Å². The zero-order chi connectivity index (χ0) is 21.3. The molecule has 0 amide bonds. The molecule has 0 saturated carbocycles. The van der Waals surface area contributed by atoms with E-state index in [2.05, 4.69) is 10.3 Å². The molecule has 160 valence electrons. The summed E-state index contributed by atoms with van der Waals surface area (Å²) in [6, 6.07) is 5.83. The van der Waals surface area contributed by atoms with Crippen LogP contribution in [0.4, 0.5) is 0 Å². The molecule has 6 N–H and O–H groups in total. The largest absolute Gasteiger partial charge is 0.394 e. The maximum Gasteiger partial charge on any atom is 0.238 e. The highest BCUT2D eigenvalue weighted by molar-refractivity contribution is 14.1. The molecule has 2 heterocycles. The van der Waals surface area contributed by atoms with E-state index in [1.807, 2.05) is 22.6 Å². The fourth-order valence-corrected chi connectivity index (χ4v) is 5.24. The fraction of sp³-hybridized carbons (Fsp3) is 0.467. The van der Waals surface area contributed by atoms with Crippen LogP contribution in [0.1, 0.15) is 5.69 Å². The van der Waals surface area contributed by atoms with Gasteiger partial charge in [0.2, 0.25) is 10.0 Å². The molecule has 1 aromatic carbocycles. The lowest BCUT2D eigenvalue weighted by atomic mass is 10.0. The number of aromatic nitrogens is 3. The van der Waals surface area contributed by atoms with Crippen LogP contribution < -0.4 is 5.14 Å². The Morgan fingerprint density at radius 1 is 1.17 bits per heavy atom. The standard InChI is InChI=1S/C15H19IN4O7S2/c16-14-9(6-28-15-13(24)12(23)11(22)10(5-21)27-15)18-19-20(14)7-1-3-8(4-2-7)29(17,25)26/h1-4,10-13,15,21-24H,5-6H2,(H2,17,25,26)/t10-,11+,12+,13-,15?/m0/s1. The summed E-state index contributed by atoms with van der Waals surface area (Å²) in [7, 11) is -3.79. The predicted octanol–water partition coefficient (Wildman–Crippen LogP) is -1.45. The summed E-state index contributed by atoms with van der Waals surface area (Å²) in [6.45, 7) is -0.496. The minimum absolute atomic E-state index is 0.0187. The summed E-state index contributed by atoms with van der Waals surface area (Å²) in [5.74, 6) is 0.274. The molecule has 1 aliphatic heterocycles. The molecule has 2 aromatic rings. The third-order valence-corrected chi connectivity index (χ3v) is 7.49. The van der Waals surface area contributed by atoms with E-state index in [1.54, 1.807) is 12.1 Å². The van der Waals surface area contributed by atoms with Crippen LogP contribution in [0, 0.1) is 3.70 Å². The maximum atomic E-state index is 11.4. The smallest absolute Gasteiger partial charge is 0.238 e. The highest BCUT2D eigenvalue weighted by atomic mass is 127. The molecule has 5 atom stereocenters. The number of hydrogen-bond donors (Lipinski definition) is 5. The monoisotopic (exact) mass is 558 g/mol. The second-order valence-electron chi connectivity index (χ2n) is 6.29. The van der Waals surface area contributed by atoms with Gasteiger partial charge in [0.25, 0.3) is 0 Å². The van der Waals surface area contributed by atoms with Gasteiger partial charge in [0.1, 0.15) is 39.2 Å². The predicted molar refractivity (Wildman–Crippen MR) is 111 cm³/mol. The van der Waals surface area contributed by atoms with Gasteiger partial charge in [-0.25, -0.2) is 18.2 Å². The van der Waals surface area contributed by atoms with Gasteiger partial charge < -0.3 is 25.2 Å². The minimum Gasteiger partial charge on any atom is -0.394 e. The summed E-state index contributed by atoms with van der Waals surface area (Å²) in [5.41, 5.74) is 0.280. The number of thioether (sulfide) groups is 1. The Morgan fingerprint density at radius 2 is 1.83 bits per heavy atom. The third kappa shape index (κ3) is 4.91. The number of halogens is 1. The molecule has 0 spiro atoms. The van der Waals surface area contributed by atoms with E-state index >= 15 is 0 Å². The molecular weight excluding hydrogens is 539 g/mol. The average molecular weight is 558 g/mol. The van der Waals surface area contributed by atoms with Crippen LogP contribution in [-0.4, -0.2) is 80.3 Å². The maximum absolute atomic E-state index is 11.4. The van der Waals surface area contributed by atoms with Crippen molar-refractivity contribution < 1.29 is 33.6 Å². The number of nitrogens with two attached hydrogens (primary N) is 1. The molecule has 0 radical (unpaired) electrons. The highest BCUT2D eigenvalue weighted by Gasteiger charge is 2.43. The second kappa shape index (κ2) is 9.11. The van der Waals surface area contributed by atoms with Crippen molar-refractivity contribution in [3.8, 4) is 5.69 Å². The van der Waals surface area contributed by atoms with Crippen LogP contribution in [0.2, 0.25) is 0 Å². The number of rotatable bonds is 6. The number of ether oxygens (including phenoxy) is 1. The van der Waals surface area contributed by atoms with Crippen LogP contribution in [0.15, 0.2) is 29.2 Å². The van der Waals surface area contributed by atoms with Crippen molar-refractivity contribution in [2.45, 2.75) is 40.5 Å². The summed E-state index contributed by atoms with van der Waals surface area (Å²) in [4.78, 5) is -0.0187. The van der Waals surface area contributed by atoms with Gasteiger partial charge in [-0.2, -0.15) is 0 Å². The summed E-state index contributed by atoms with van der Waals surface area (Å²) in [6.07, 6.45) is -5.16. The Morgan fingerprint density at radius 3 is 2.41 bits per heavy atom. The first-order valence-electron chi connectivity index (χ1n) is 8.29. The van der Waals surface area contributed by atoms with E-state index in [4.69, 9.17) is 9.88 Å². The van der Waals surface area contributed by atoms with Crippen molar-refractivity contribution in [3.63, 3.8) is 0 Å². The van der Waals surface area contributed by atoms with Crippen LogP contribution in [0.25, 0.3) is 5.69 Å². The van der Waals surface area contributed by atoms with Gasteiger partial charge in [0.15, 0.2) is 0 Å². The molecule has 1 aromatic heterocycles. The Balaban J connectivity index is 1.71. The molecule has 1 saturated heterocycles. The van der Waals surface area contributed by atoms with E-state index in [0.717, 1.165) is 11.8 Å². The van der Waals surface area contributed by atoms with E-state index in [0.29, 0.717) is 15.1 Å². The number of aliphatic hydroxyl groups is 4. The van der Waals surface area contributed by atoms with E-state index in [-0.39, 0.29) is 10.6 Å². The molecule has 29 heavy (non-hydrogen) atoms. The van der Waals surface area contributed by atoms with Crippen molar-refractivity contribution in [2.75, 3.05) is 6.61 Å². The lowest BCUT2D eigenvalue weighted by Gasteiger charge is -2.39. The first-order chi connectivity index (χ1) is 13.6. The van der Waals surface area contributed by atoms with Gasteiger partial charge in [-0.15, -0.1) is 16.9 Å². The van der Waals surface area contributed by atoms with E-state index < -0.39 is 46.5 Å². The summed E-state index contributed by atoms with van der Waals surface area (Å²) in [5, 5.41) is 52.3. The first kappa shape index (κ1) is 22.8. The number of nitrogens with zero attached hydrogens (tertiary/aromatic N) is 3. The first-order valence-corrected chi connectivity index (χ1v) is 12.0. The normalized spacial score (nSPS) is 27.9. The van der Waals surface area contributed by atoms with Crippen molar-refractivity contribution in [2.24, 2.45) is 5.14 Å². The van der Waals surface area contributed by atoms with Crippen LogP contribution in [0.5, 0.6) is 0 Å². The average Bonchev–Trinajstić information content (AvgIpc) is 3.05. The Kier molecular flexibility index (Phi) is 7.17. The topological polar surface area (TPSA) is 181 Å². The summed E-state index contributed by atoms with van der Waals surface area (Å²) < 4.78 is 30.3. The van der Waals surface area contributed by atoms with Gasteiger partial charge in [0.05, 0.1) is 17.2 Å². The molecule has 1 unspecified atom stereocenters. The lowest BCUT2D eigenvalue weighted by Crippen LogP contribution is -2.57. The molecule has 11 nitrogen and oxygen atoms in total. The third-order valence-electron chi connectivity index (χ3n) is 4.32. The van der Waals surface area contributed by atoms with Gasteiger partial charge in [0, 0.05) is 5.75 Å². The van der Waals surface area contributed by atoms with E-state index in [1.165, 1.54) is 16.8 Å². The fourth-order valence-electron chi connectivity index (χ4n) is 2.70. The Hall–Kier alpha value is -0.850. The SMILES string of the molecule is NS(=O)(=O)c1ccc(-n2nnc(CSC3O[C@@H](CO)[C@@H](O)[C@@H](O)[C@@H]3O)c2I)cc1. The number of hydrogen-bond acceptors (Lipinski definition) is 10. The summed E-state index contributed by atoms with van der Waals surface area (Å²) >= 11 is 3.17. The molecule has 1 aliphatic rings. The van der Waals surface area contributed by atoms with Gasteiger partial charge >= 0.3 is 0 Å². The number of benzene rings is 1. The molecule has 0 bridgehead atoms. The zero-order valence-electron chi connectivity index (χ0n) is 14.7. The Bertz CT molecular complexity index is 954. The number of aliphatic hydroxyl groups excluding tert-OH is 4. The number of primary sulfonamides is 1.